The topological polar surface area (TPSA) is 44.8 Å². The van der Waals surface area contributed by atoms with Crippen molar-refractivity contribution in [2.75, 3.05) is 13.2 Å². The Kier molecular flexibility index (Phi) is 3.61. The first-order chi connectivity index (χ1) is 13.4. The van der Waals surface area contributed by atoms with Crippen LogP contribution in [-0.2, 0) is 19.0 Å². The van der Waals surface area contributed by atoms with Gasteiger partial charge in [-0.05, 0) is 68.1 Å². The molecule has 6 aliphatic rings. The van der Waals surface area contributed by atoms with Gasteiger partial charge in [0.25, 0.3) is 0 Å². The molecule has 0 amide bonds. The Bertz CT molecular complexity index is 737. The quantitative estimate of drug-likeness (QED) is 0.444. The lowest BCUT2D eigenvalue weighted by atomic mass is 9.46. The largest absolute Gasteiger partial charge is 0.458 e. The molecule has 0 unspecified atom stereocenters. The standard InChI is InChI=1S/C24H34O4/c1-21-11-12-24(26-13-14-27-24)15-16(21)3-4-17-18(21)5-8-22(2)19(17)6-9-23(22)10-7-20(25)28-23/h3,17-19H,4-15H2,1-2H3/t17-,18+,19+,21+,22-,23-/m0/s1. The summed E-state index contributed by atoms with van der Waals surface area (Å²) in [4.78, 5) is 12.0. The summed E-state index contributed by atoms with van der Waals surface area (Å²) in [5.41, 5.74) is 1.92. The van der Waals surface area contributed by atoms with Crippen LogP contribution in [0.15, 0.2) is 11.6 Å². The number of hydrogen-bond donors (Lipinski definition) is 0. The molecule has 2 heterocycles. The second kappa shape index (κ2) is 5.63. The Balaban J connectivity index is 1.31. The summed E-state index contributed by atoms with van der Waals surface area (Å²) in [5.74, 6) is 1.91. The summed E-state index contributed by atoms with van der Waals surface area (Å²) in [7, 11) is 0. The average Bonchev–Trinajstić information content (AvgIpc) is 3.36. The normalized spacial score (nSPS) is 51.6. The third-order valence-corrected chi connectivity index (χ3v) is 10.3. The van der Waals surface area contributed by atoms with Gasteiger partial charge in [0.05, 0.1) is 13.2 Å². The van der Waals surface area contributed by atoms with E-state index in [1.54, 1.807) is 5.57 Å². The molecule has 6 rings (SSSR count). The molecule has 5 fully saturated rings. The molecule has 0 aromatic heterocycles. The van der Waals surface area contributed by atoms with Crippen LogP contribution in [0, 0.1) is 28.6 Å². The number of esters is 1. The molecular weight excluding hydrogens is 352 g/mol. The Hall–Kier alpha value is -0.870. The lowest BCUT2D eigenvalue weighted by Crippen LogP contribution is -2.55. The van der Waals surface area contributed by atoms with Gasteiger partial charge in [-0.3, -0.25) is 4.79 Å². The molecule has 3 saturated carbocycles. The molecule has 4 heteroatoms. The lowest BCUT2D eigenvalue weighted by molar-refractivity contribution is -0.189. The van der Waals surface area contributed by atoms with Crippen molar-refractivity contribution in [2.24, 2.45) is 28.6 Å². The van der Waals surface area contributed by atoms with E-state index in [0.29, 0.717) is 17.8 Å². The van der Waals surface area contributed by atoms with Crippen molar-refractivity contribution in [1.82, 2.24) is 0 Å². The number of carbonyl (C=O) groups is 1. The number of carbonyl (C=O) groups excluding carboxylic acids is 1. The fraction of sp³-hybridized carbons (Fsp3) is 0.875. The van der Waals surface area contributed by atoms with Crippen molar-refractivity contribution in [3.05, 3.63) is 11.6 Å². The van der Waals surface area contributed by atoms with E-state index in [0.717, 1.165) is 50.7 Å². The van der Waals surface area contributed by atoms with Gasteiger partial charge < -0.3 is 14.2 Å². The molecule has 0 radical (unpaired) electrons. The van der Waals surface area contributed by atoms with Gasteiger partial charge in [0.15, 0.2) is 5.79 Å². The monoisotopic (exact) mass is 386 g/mol. The number of ether oxygens (including phenoxy) is 3. The summed E-state index contributed by atoms with van der Waals surface area (Å²) in [6, 6.07) is 0. The smallest absolute Gasteiger partial charge is 0.306 e. The van der Waals surface area contributed by atoms with Crippen LogP contribution in [0.5, 0.6) is 0 Å². The first-order valence-electron chi connectivity index (χ1n) is 11.6. The second-order valence-corrected chi connectivity index (χ2v) is 11.0. The molecule has 0 N–H and O–H groups in total. The molecule has 4 aliphatic carbocycles. The van der Waals surface area contributed by atoms with Crippen molar-refractivity contribution in [1.29, 1.82) is 0 Å². The minimum Gasteiger partial charge on any atom is -0.458 e. The number of rotatable bonds is 0. The van der Waals surface area contributed by atoms with E-state index in [1.165, 1.54) is 32.1 Å². The van der Waals surface area contributed by atoms with Gasteiger partial charge in [0.1, 0.15) is 5.60 Å². The van der Waals surface area contributed by atoms with Gasteiger partial charge in [-0.1, -0.05) is 25.5 Å². The van der Waals surface area contributed by atoms with Gasteiger partial charge in [0, 0.05) is 24.7 Å². The molecule has 2 saturated heterocycles. The van der Waals surface area contributed by atoms with E-state index in [4.69, 9.17) is 14.2 Å². The van der Waals surface area contributed by atoms with Crippen LogP contribution >= 0.6 is 0 Å². The predicted molar refractivity (Wildman–Crippen MR) is 104 cm³/mol. The predicted octanol–water partition coefficient (Wildman–Crippen LogP) is 4.77. The Morgan fingerprint density at radius 2 is 1.75 bits per heavy atom. The zero-order chi connectivity index (χ0) is 19.2. The highest BCUT2D eigenvalue weighted by Gasteiger charge is 2.67. The summed E-state index contributed by atoms with van der Waals surface area (Å²) in [6.07, 6.45) is 13.3. The summed E-state index contributed by atoms with van der Waals surface area (Å²) in [5, 5.41) is 0. The molecule has 0 aromatic rings. The zero-order valence-corrected chi connectivity index (χ0v) is 17.4. The van der Waals surface area contributed by atoms with Gasteiger partial charge in [0.2, 0.25) is 0 Å². The highest BCUT2D eigenvalue weighted by Crippen LogP contribution is 2.69. The van der Waals surface area contributed by atoms with E-state index in [-0.39, 0.29) is 22.8 Å². The van der Waals surface area contributed by atoms with Crippen LogP contribution in [0.4, 0.5) is 0 Å². The second-order valence-electron chi connectivity index (χ2n) is 11.0. The van der Waals surface area contributed by atoms with E-state index in [9.17, 15) is 4.79 Å². The van der Waals surface area contributed by atoms with Gasteiger partial charge in [-0.2, -0.15) is 0 Å². The van der Waals surface area contributed by atoms with Crippen LogP contribution in [0.2, 0.25) is 0 Å². The lowest BCUT2D eigenvalue weighted by Gasteiger charge is -2.59. The zero-order valence-electron chi connectivity index (χ0n) is 17.4. The summed E-state index contributed by atoms with van der Waals surface area (Å²) >= 11 is 0. The fourth-order valence-electron chi connectivity index (χ4n) is 8.64. The fourth-order valence-corrected chi connectivity index (χ4v) is 8.64. The minimum absolute atomic E-state index is 0.0379. The first kappa shape index (κ1) is 17.9. The number of fused-ring (bicyclic) bond motifs is 6. The van der Waals surface area contributed by atoms with E-state index < -0.39 is 0 Å². The number of allylic oxidation sites excluding steroid dienone is 1. The maximum absolute atomic E-state index is 12.0. The number of hydrogen-bond acceptors (Lipinski definition) is 4. The molecular formula is C24H34O4. The molecule has 4 nitrogen and oxygen atoms in total. The molecule has 154 valence electrons. The highest BCUT2D eigenvalue weighted by atomic mass is 16.7. The molecule has 2 spiro atoms. The maximum Gasteiger partial charge on any atom is 0.306 e. The van der Waals surface area contributed by atoms with Gasteiger partial charge in [-0.15, -0.1) is 0 Å². The van der Waals surface area contributed by atoms with E-state index in [1.807, 2.05) is 0 Å². The third kappa shape index (κ3) is 2.12. The van der Waals surface area contributed by atoms with Crippen molar-refractivity contribution < 1.29 is 19.0 Å². The van der Waals surface area contributed by atoms with Crippen LogP contribution in [0.3, 0.4) is 0 Å². The van der Waals surface area contributed by atoms with Crippen LogP contribution in [-0.4, -0.2) is 30.6 Å². The Morgan fingerprint density at radius 3 is 2.50 bits per heavy atom. The SMILES string of the molecule is C[C@]12CC[C@@H]3[C@H](CC=C4CC5(CC[C@]43C)OCCO5)[C@H]1CC[C@]21CCC(=O)O1. The molecule has 6 atom stereocenters. The highest BCUT2D eigenvalue weighted by molar-refractivity contribution is 5.72. The molecule has 0 bridgehead atoms. The molecule has 28 heavy (non-hydrogen) atoms. The Labute approximate surface area is 168 Å². The summed E-state index contributed by atoms with van der Waals surface area (Å²) < 4.78 is 18.2. The molecule has 0 aromatic carbocycles. The van der Waals surface area contributed by atoms with Gasteiger partial charge in [-0.25, -0.2) is 0 Å². The minimum atomic E-state index is -0.323. The third-order valence-electron chi connectivity index (χ3n) is 10.3. The van der Waals surface area contributed by atoms with Crippen molar-refractivity contribution in [2.45, 2.75) is 89.4 Å². The van der Waals surface area contributed by atoms with Crippen LogP contribution in [0.1, 0.15) is 78.1 Å². The van der Waals surface area contributed by atoms with Crippen molar-refractivity contribution >= 4 is 5.97 Å². The van der Waals surface area contributed by atoms with Crippen molar-refractivity contribution in [3.63, 3.8) is 0 Å². The van der Waals surface area contributed by atoms with Crippen molar-refractivity contribution in [3.8, 4) is 0 Å². The van der Waals surface area contributed by atoms with E-state index >= 15 is 0 Å². The average molecular weight is 387 g/mol. The maximum atomic E-state index is 12.0. The van der Waals surface area contributed by atoms with Crippen LogP contribution in [0.25, 0.3) is 0 Å². The van der Waals surface area contributed by atoms with Crippen LogP contribution < -0.4 is 0 Å². The van der Waals surface area contributed by atoms with E-state index in [2.05, 4.69) is 19.9 Å². The summed E-state index contributed by atoms with van der Waals surface area (Å²) in [6.45, 7) is 6.48. The molecule has 2 aliphatic heterocycles. The Morgan fingerprint density at radius 1 is 0.964 bits per heavy atom. The van der Waals surface area contributed by atoms with Gasteiger partial charge >= 0.3 is 5.97 Å². The first-order valence-corrected chi connectivity index (χ1v) is 11.6.